The number of methoxy groups -OCH3 is 1. The maximum atomic E-state index is 12.7. The molecule has 11 heteroatoms. The zero-order valence-corrected chi connectivity index (χ0v) is 18.5. The first-order valence-corrected chi connectivity index (χ1v) is 10.4. The Labute approximate surface area is 187 Å². The third-order valence-corrected chi connectivity index (χ3v) is 5.67. The van der Waals surface area contributed by atoms with Crippen LogP contribution in [0.5, 0.6) is 5.75 Å². The van der Waals surface area contributed by atoms with E-state index in [2.05, 4.69) is 25.3 Å². The molecule has 3 aromatic heterocycles. The average Bonchev–Trinajstić information content (AvgIpc) is 3.08. The molecule has 0 atom stereocenters. The van der Waals surface area contributed by atoms with Crippen LogP contribution in [0.2, 0.25) is 0 Å². The van der Waals surface area contributed by atoms with Gasteiger partial charge >= 0.3 is 5.97 Å². The van der Waals surface area contributed by atoms with Crippen molar-refractivity contribution in [3.05, 3.63) is 52.3 Å². The molecule has 10 nitrogen and oxygen atoms in total. The largest absolute Gasteiger partial charge is 0.495 e. The fraction of sp³-hybridized carbons (Fsp3) is 0.190. The smallest absolute Gasteiger partial charge is 0.350 e. The van der Waals surface area contributed by atoms with Crippen LogP contribution >= 0.6 is 11.3 Å². The van der Waals surface area contributed by atoms with Crippen LogP contribution in [0.1, 0.15) is 26.8 Å². The summed E-state index contributed by atoms with van der Waals surface area (Å²) < 4.78 is 10.7. The van der Waals surface area contributed by atoms with E-state index in [0.29, 0.717) is 22.0 Å². The summed E-state index contributed by atoms with van der Waals surface area (Å²) >= 11 is 1.19. The van der Waals surface area contributed by atoms with Crippen molar-refractivity contribution in [1.29, 1.82) is 0 Å². The molecular formula is C21H21N7O3S. The Morgan fingerprint density at radius 3 is 2.69 bits per heavy atom. The van der Waals surface area contributed by atoms with E-state index in [1.807, 2.05) is 32.0 Å². The quantitative estimate of drug-likeness (QED) is 0.372. The number of fused-ring (bicyclic) bond motifs is 1. The molecule has 3 heterocycles. The molecular weight excluding hydrogens is 430 g/mol. The summed E-state index contributed by atoms with van der Waals surface area (Å²) in [4.78, 5) is 30.5. The molecule has 0 saturated heterocycles. The minimum atomic E-state index is -0.583. The third-order valence-electron chi connectivity index (χ3n) is 4.59. The zero-order valence-electron chi connectivity index (χ0n) is 17.7. The molecule has 4 aromatic rings. The van der Waals surface area contributed by atoms with Crippen LogP contribution in [-0.2, 0) is 11.3 Å². The maximum absolute atomic E-state index is 12.7. The number of nitrogen functional groups attached to an aromatic ring is 2. The highest BCUT2D eigenvalue weighted by Crippen LogP contribution is 2.35. The number of carbonyl (C=O) groups is 1. The molecule has 0 aliphatic rings. The van der Waals surface area contributed by atoms with Gasteiger partial charge in [0.25, 0.3) is 0 Å². The first kappa shape index (κ1) is 21.2. The van der Waals surface area contributed by atoms with Gasteiger partial charge in [0.05, 0.1) is 18.5 Å². The van der Waals surface area contributed by atoms with E-state index in [4.69, 9.17) is 20.9 Å². The van der Waals surface area contributed by atoms with E-state index in [9.17, 15) is 4.79 Å². The maximum Gasteiger partial charge on any atom is 0.350 e. The molecule has 0 bridgehead atoms. The van der Waals surface area contributed by atoms with Crippen LogP contribution in [0, 0.1) is 13.8 Å². The number of aryl methyl sites for hydroxylation is 2. The molecule has 1 aromatic carbocycles. The SMILES string of the molecule is COc1ccccc1Nc1nc(N)nc(COC(=O)c2sc3nc(C)cc(C)c3c2N)n1. The number of pyridine rings is 1. The summed E-state index contributed by atoms with van der Waals surface area (Å²) in [5, 5.41) is 3.79. The summed E-state index contributed by atoms with van der Waals surface area (Å²) in [6.07, 6.45) is 0. The van der Waals surface area contributed by atoms with Gasteiger partial charge < -0.3 is 26.3 Å². The summed E-state index contributed by atoms with van der Waals surface area (Å²) in [6, 6.07) is 9.20. The number of aromatic nitrogens is 4. The minimum Gasteiger partial charge on any atom is -0.495 e. The number of para-hydroxylation sites is 2. The molecule has 0 radical (unpaired) electrons. The van der Waals surface area contributed by atoms with Crippen molar-refractivity contribution in [2.75, 3.05) is 23.9 Å². The first-order chi connectivity index (χ1) is 15.4. The number of hydrogen-bond acceptors (Lipinski definition) is 11. The molecule has 0 spiro atoms. The molecule has 0 aliphatic heterocycles. The number of nitrogens with one attached hydrogen (secondary N) is 1. The number of hydrogen-bond donors (Lipinski definition) is 3. The molecule has 32 heavy (non-hydrogen) atoms. The van der Waals surface area contributed by atoms with Crippen molar-refractivity contribution < 1.29 is 14.3 Å². The van der Waals surface area contributed by atoms with Crippen LogP contribution in [0.3, 0.4) is 0 Å². The third kappa shape index (κ3) is 4.23. The van der Waals surface area contributed by atoms with E-state index in [0.717, 1.165) is 16.6 Å². The second-order valence-electron chi connectivity index (χ2n) is 6.94. The topological polar surface area (TPSA) is 151 Å². The van der Waals surface area contributed by atoms with Crippen molar-refractivity contribution in [2.24, 2.45) is 0 Å². The van der Waals surface area contributed by atoms with Crippen LogP contribution in [0.4, 0.5) is 23.3 Å². The Kier molecular flexibility index (Phi) is 5.73. The zero-order chi connectivity index (χ0) is 22.8. The molecule has 0 aliphatic carbocycles. The Bertz CT molecular complexity index is 1320. The van der Waals surface area contributed by atoms with Crippen LogP contribution in [0.15, 0.2) is 30.3 Å². The van der Waals surface area contributed by atoms with E-state index in [1.54, 1.807) is 19.2 Å². The van der Waals surface area contributed by atoms with E-state index in [-0.39, 0.29) is 29.2 Å². The number of esters is 1. The fourth-order valence-corrected chi connectivity index (χ4v) is 4.35. The molecule has 164 valence electrons. The highest BCUT2D eigenvalue weighted by molar-refractivity contribution is 7.21. The number of nitrogens with zero attached hydrogens (tertiary/aromatic N) is 4. The van der Waals surface area contributed by atoms with Crippen molar-refractivity contribution in [1.82, 2.24) is 19.9 Å². The summed E-state index contributed by atoms with van der Waals surface area (Å²) in [6.45, 7) is 3.62. The molecule has 0 fully saturated rings. The number of ether oxygens (including phenoxy) is 2. The average molecular weight is 452 g/mol. The number of anilines is 4. The van der Waals surface area contributed by atoms with E-state index < -0.39 is 5.97 Å². The van der Waals surface area contributed by atoms with E-state index >= 15 is 0 Å². The van der Waals surface area contributed by atoms with Crippen molar-refractivity contribution in [2.45, 2.75) is 20.5 Å². The van der Waals surface area contributed by atoms with Gasteiger partial charge in [0.1, 0.15) is 15.5 Å². The Morgan fingerprint density at radius 2 is 1.91 bits per heavy atom. The van der Waals surface area contributed by atoms with Gasteiger partial charge in [0.2, 0.25) is 11.9 Å². The highest BCUT2D eigenvalue weighted by atomic mass is 32.1. The monoisotopic (exact) mass is 451 g/mol. The van der Waals surface area contributed by atoms with E-state index in [1.165, 1.54) is 11.3 Å². The standard InChI is InChI=1S/C21H21N7O3S/c1-10-8-11(2)24-18-15(10)16(22)17(32-18)19(29)31-9-14-26-20(23)28-21(27-14)25-12-6-4-5-7-13(12)30-3/h4-8H,9,22H2,1-3H3,(H3,23,25,26,27,28). The number of nitrogens with two attached hydrogens (primary N) is 2. The molecule has 0 unspecified atom stereocenters. The number of thiophene rings is 1. The number of carbonyl (C=O) groups excluding carboxylic acids is 1. The van der Waals surface area contributed by atoms with Crippen LogP contribution in [0.25, 0.3) is 10.2 Å². The van der Waals surface area contributed by atoms with Crippen molar-refractivity contribution in [3.8, 4) is 5.75 Å². The number of benzene rings is 1. The van der Waals surface area contributed by atoms with Gasteiger partial charge in [-0.25, -0.2) is 9.78 Å². The lowest BCUT2D eigenvalue weighted by molar-refractivity contribution is 0.0469. The molecule has 5 N–H and O–H groups in total. The van der Waals surface area contributed by atoms with Gasteiger partial charge in [-0.15, -0.1) is 11.3 Å². The predicted molar refractivity (Wildman–Crippen MR) is 123 cm³/mol. The van der Waals surface area contributed by atoms with Gasteiger partial charge in [-0.3, -0.25) is 0 Å². The molecule has 0 saturated carbocycles. The summed E-state index contributed by atoms with van der Waals surface area (Å²) in [5.41, 5.74) is 14.8. The fourth-order valence-electron chi connectivity index (χ4n) is 3.24. The minimum absolute atomic E-state index is 0.0138. The first-order valence-electron chi connectivity index (χ1n) is 9.59. The summed E-state index contributed by atoms with van der Waals surface area (Å²) in [5.74, 6) is 0.401. The van der Waals surface area contributed by atoms with Gasteiger partial charge in [-0.2, -0.15) is 15.0 Å². The second kappa shape index (κ2) is 8.63. The van der Waals surface area contributed by atoms with Crippen molar-refractivity contribution in [3.63, 3.8) is 0 Å². The predicted octanol–water partition coefficient (Wildman–Crippen LogP) is 3.37. The number of rotatable bonds is 6. The van der Waals surface area contributed by atoms with Gasteiger partial charge in [-0.1, -0.05) is 12.1 Å². The van der Waals surface area contributed by atoms with Crippen molar-refractivity contribution >= 4 is 50.8 Å². The Hall–Kier alpha value is -3.99. The normalized spacial score (nSPS) is 10.8. The Balaban J connectivity index is 1.53. The van der Waals surface area contributed by atoms with Gasteiger partial charge in [0.15, 0.2) is 12.4 Å². The lowest BCUT2D eigenvalue weighted by Crippen LogP contribution is -2.11. The molecule has 4 rings (SSSR count). The summed E-state index contributed by atoms with van der Waals surface area (Å²) in [7, 11) is 1.56. The van der Waals surface area contributed by atoms with Crippen LogP contribution in [-0.4, -0.2) is 33.0 Å². The van der Waals surface area contributed by atoms with Gasteiger partial charge in [-0.05, 0) is 37.6 Å². The highest BCUT2D eigenvalue weighted by Gasteiger charge is 2.21. The van der Waals surface area contributed by atoms with Crippen LogP contribution < -0.4 is 21.5 Å². The second-order valence-corrected chi connectivity index (χ2v) is 7.94. The molecule has 0 amide bonds. The van der Waals surface area contributed by atoms with Gasteiger partial charge in [0, 0.05) is 11.1 Å². The lowest BCUT2D eigenvalue weighted by atomic mass is 10.1. The lowest BCUT2D eigenvalue weighted by Gasteiger charge is -2.10. The Morgan fingerprint density at radius 1 is 1.12 bits per heavy atom.